The summed E-state index contributed by atoms with van der Waals surface area (Å²) in [5, 5.41) is 0. The Morgan fingerprint density at radius 1 is 1.19 bits per heavy atom. The van der Waals surface area contributed by atoms with E-state index in [1.165, 1.54) is 0 Å². The van der Waals surface area contributed by atoms with Crippen molar-refractivity contribution in [2.75, 3.05) is 13.2 Å². The summed E-state index contributed by atoms with van der Waals surface area (Å²) in [6.45, 7) is 2.15. The molecule has 0 bridgehead atoms. The lowest BCUT2D eigenvalue weighted by Crippen LogP contribution is -2.16. The molecule has 0 saturated carbocycles. The molecule has 0 amide bonds. The van der Waals surface area contributed by atoms with Gasteiger partial charge in [-0.2, -0.15) is 13.2 Å². The van der Waals surface area contributed by atoms with E-state index in [9.17, 15) is 22.8 Å². The summed E-state index contributed by atoms with van der Waals surface area (Å²) in [6.07, 6.45) is -4.91. The summed E-state index contributed by atoms with van der Waals surface area (Å²) >= 11 is 0. The van der Waals surface area contributed by atoms with Crippen LogP contribution in [-0.4, -0.2) is 31.3 Å². The molecule has 92 valence electrons. The van der Waals surface area contributed by atoms with Crippen LogP contribution in [0.2, 0.25) is 0 Å². The standard InChI is InChI=1S/C9H11F3O4/c1-2-7(13)15-5-3-8(14)16-6-4-9(10,11)12/h2H,1,3-6H2. The first-order valence-electron chi connectivity index (χ1n) is 4.36. The number of hydrogen-bond acceptors (Lipinski definition) is 4. The van der Waals surface area contributed by atoms with E-state index in [0.29, 0.717) is 0 Å². The summed E-state index contributed by atoms with van der Waals surface area (Å²) in [6, 6.07) is 0. The predicted octanol–water partition coefficient (Wildman–Crippen LogP) is 1.60. The Kier molecular flexibility index (Phi) is 6.21. The summed E-state index contributed by atoms with van der Waals surface area (Å²) in [4.78, 5) is 21.3. The van der Waals surface area contributed by atoms with E-state index in [1.54, 1.807) is 0 Å². The number of rotatable bonds is 6. The Hall–Kier alpha value is -1.53. The summed E-state index contributed by atoms with van der Waals surface area (Å²) < 4.78 is 43.6. The van der Waals surface area contributed by atoms with Gasteiger partial charge in [0, 0.05) is 6.08 Å². The van der Waals surface area contributed by atoms with E-state index in [2.05, 4.69) is 16.1 Å². The highest BCUT2D eigenvalue weighted by Gasteiger charge is 2.27. The molecule has 0 aliphatic carbocycles. The Bertz CT molecular complexity index is 260. The summed E-state index contributed by atoms with van der Waals surface area (Å²) in [7, 11) is 0. The topological polar surface area (TPSA) is 52.6 Å². The Morgan fingerprint density at radius 2 is 1.81 bits per heavy atom. The van der Waals surface area contributed by atoms with Crippen molar-refractivity contribution in [1.29, 1.82) is 0 Å². The van der Waals surface area contributed by atoms with Gasteiger partial charge in [0.1, 0.15) is 6.61 Å². The highest BCUT2D eigenvalue weighted by atomic mass is 19.4. The van der Waals surface area contributed by atoms with Gasteiger partial charge in [-0.3, -0.25) is 4.79 Å². The molecule has 0 heterocycles. The first kappa shape index (κ1) is 14.5. The minimum absolute atomic E-state index is 0.240. The third kappa shape index (κ3) is 9.04. The molecule has 0 aliphatic heterocycles. The molecule has 16 heavy (non-hydrogen) atoms. The Balaban J connectivity index is 3.53. The Labute approximate surface area is 90.0 Å². The van der Waals surface area contributed by atoms with Gasteiger partial charge in [0.05, 0.1) is 19.4 Å². The average Bonchev–Trinajstić information content (AvgIpc) is 2.15. The molecule has 0 N–H and O–H groups in total. The first-order valence-corrected chi connectivity index (χ1v) is 4.36. The molecule has 0 aromatic heterocycles. The molecule has 0 aromatic rings. The molecule has 0 unspecified atom stereocenters. The van der Waals surface area contributed by atoms with Crippen molar-refractivity contribution in [2.45, 2.75) is 19.0 Å². The quantitative estimate of drug-likeness (QED) is 0.522. The number of ether oxygens (including phenoxy) is 2. The molecule has 0 aliphatic rings. The molecule has 7 heteroatoms. The van der Waals surface area contributed by atoms with E-state index >= 15 is 0 Å². The number of carbonyl (C=O) groups excluding carboxylic acids is 2. The maximum absolute atomic E-state index is 11.6. The largest absolute Gasteiger partial charge is 0.465 e. The molecular formula is C9H11F3O4. The maximum atomic E-state index is 11.6. The van der Waals surface area contributed by atoms with E-state index < -0.39 is 31.1 Å². The van der Waals surface area contributed by atoms with E-state index in [4.69, 9.17) is 0 Å². The molecule has 4 nitrogen and oxygen atoms in total. The van der Waals surface area contributed by atoms with Gasteiger partial charge in [-0.1, -0.05) is 6.58 Å². The predicted molar refractivity (Wildman–Crippen MR) is 47.4 cm³/mol. The van der Waals surface area contributed by atoms with Crippen molar-refractivity contribution >= 4 is 11.9 Å². The van der Waals surface area contributed by atoms with Crippen LogP contribution in [0.3, 0.4) is 0 Å². The molecule has 0 aromatic carbocycles. The van der Waals surface area contributed by atoms with Crippen molar-refractivity contribution in [3.8, 4) is 0 Å². The fourth-order valence-electron chi connectivity index (χ4n) is 0.647. The second kappa shape index (κ2) is 6.86. The molecular weight excluding hydrogens is 229 g/mol. The second-order valence-corrected chi connectivity index (χ2v) is 2.71. The van der Waals surface area contributed by atoms with Crippen molar-refractivity contribution in [1.82, 2.24) is 0 Å². The van der Waals surface area contributed by atoms with Crippen LogP contribution in [0.25, 0.3) is 0 Å². The van der Waals surface area contributed by atoms with Crippen LogP contribution in [-0.2, 0) is 19.1 Å². The number of esters is 2. The number of carbonyl (C=O) groups is 2. The normalized spacial score (nSPS) is 10.7. The maximum Gasteiger partial charge on any atom is 0.392 e. The zero-order chi connectivity index (χ0) is 12.6. The molecule has 0 radical (unpaired) electrons. The fraction of sp³-hybridized carbons (Fsp3) is 0.556. The van der Waals surface area contributed by atoms with Crippen LogP contribution in [0.1, 0.15) is 12.8 Å². The van der Waals surface area contributed by atoms with Gasteiger partial charge in [-0.05, 0) is 0 Å². The number of hydrogen-bond donors (Lipinski definition) is 0. The van der Waals surface area contributed by atoms with Crippen molar-refractivity contribution in [2.24, 2.45) is 0 Å². The van der Waals surface area contributed by atoms with Crippen LogP contribution in [0, 0.1) is 0 Å². The minimum atomic E-state index is -4.35. The van der Waals surface area contributed by atoms with Gasteiger partial charge >= 0.3 is 18.1 Å². The number of alkyl halides is 3. The SMILES string of the molecule is C=CC(=O)OCCC(=O)OCCC(F)(F)F. The number of halogens is 3. The first-order chi connectivity index (χ1) is 7.35. The van der Waals surface area contributed by atoms with E-state index in [0.717, 1.165) is 6.08 Å². The highest BCUT2D eigenvalue weighted by Crippen LogP contribution is 2.18. The third-order valence-electron chi connectivity index (χ3n) is 1.37. The summed E-state index contributed by atoms with van der Waals surface area (Å²) in [5.74, 6) is -1.55. The molecule has 0 atom stereocenters. The van der Waals surface area contributed by atoms with Crippen molar-refractivity contribution < 1.29 is 32.2 Å². The zero-order valence-corrected chi connectivity index (χ0v) is 8.38. The van der Waals surface area contributed by atoms with E-state index in [1.807, 2.05) is 0 Å². The van der Waals surface area contributed by atoms with Crippen LogP contribution < -0.4 is 0 Å². The molecule has 0 rings (SSSR count). The third-order valence-corrected chi connectivity index (χ3v) is 1.37. The van der Waals surface area contributed by atoms with Crippen molar-refractivity contribution in [3.63, 3.8) is 0 Å². The smallest absolute Gasteiger partial charge is 0.392 e. The van der Waals surface area contributed by atoms with Crippen molar-refractivity contribution in [3.05, 3.63) is 12.7 Å². The van der Waals surface area contributed by atoms with Crippen LogP contribution >= 0.6 is 0 Å². The molecule has 0 saturated heterocycles. The molecule has 0 spiro atoms. The van der Waals surface area contributed by atoms with Gasteiger partial charge < -0.3 is 9.47 Å². The lowest BCUT2D eigenvalue weighted by molar-refractivity contribution is -0.159. The van der Waals surface area contributed by atoms with Gasteiger partial charge in [-0.25, -0.2) is 4.79 Å². The highest BCUT2D eigenvalue weighted by molar-refractivity contribution is 5.81. The Morgan fingerprint density at radius 3 is 2.31 bits per heavy atom. The zero-order valence-electron chi connectivity index (χ0n) is 8.38. The summed E-state index contributed by atoms with van der Waals surface area (Å²) in [5.41, 5.74) is 0. The fourth-order valence-corrected chi connectivity index (χ4v) is 0.647. The van der Waals surface area contributed by atoms with Gasteiger partial charge in [0.25, 0.3) is 0 Å². The average molecular weight is 240 g/mol. The van der Waals surface area contributed by atoms with Gasteiger partial charge in [0.2, 0.25) is 0 Å². The minimum Gasteiger partial charge on any atom is -0.465 e. The lowest BCUT2D eigenvalue weighted by atomic mass is 10.4. The lowest BCUT2D eigenvalue weighted by Gasteiger charge is -2.07. The van der Waals surface area contributed by atoms with Crippen LogP contribution in [0.15, 0.2) is 12.7 Å². The van der Waals surface area contributed by atoms with Crippen LogP contribution in [0.5, 0.6) is 0 Å². The van der Waals surface area contributed by atoms with Gasteiger partial charge in [0.15, 0.2) is 0 Å². The van der Waals surface area contributed by atoms with Crippen LogP contribution in [0.4, 0.5) is 13.2 Å². The second-order valence-electron chi connectivity index (χ2n) is 2.71. The van der Waals surface area contributed by atoms with E-state index in [-0.39, 0.29) is 13.0 Å². The monoisotopic (exact) mass is 240 g/mol. The van der Waals surface area contributed by atoms with Gasteiger partial charge in [-0.15, -0.1) is 0 Å². The molecule has 0 fully saturated rings.